The van der Waals surface area contributed by atoms with E-state index in [1.54, 1.807) is 24.3 Å². The third-order valence-corrected chi connectivity index (χ3v) is 3.29. The first-order chi connectivity index (χ1) is 11.1. The van der Waals surface area contributed by atoms with Gasteiger partial charge in [0, 0.05) is 16.8 Å². The molecule has 0 spiro atoms. The van der Waals surface area contributed by atoms with Gasteiger partial charge < -0.3 is 9.73 Å². The highest BCUT2D eigenvalue weighted by molar-refractivity contribution is 5.94. The fourth-order valence-corrected chi connectivity index (χ4v) is 2.03. The Morgan fingerprint density at radius 2 is 1.78 bits per heavy atom. The van der Waals surface area contributed by atoms with Crippen molar-refractivity contribution >= 4 is 11.5 Å². The largest absolute Gasteiger partial charge is 0.419 e. The summed E-state index contributed by atoms with van der Waals surface area (Å²) in [7, 11) is 0. The van der Waals surface area contributed by atoms with Crippen LogP contribution in [0.1, 0.15) is 23.2 Å². The highest BCUT2D eigenvalue weighted by atomic mass is 19.1. The van der Waals surface area contributed by atoms with Crippen molar-refractivity contribution in [2.24, 2.45) is 0 Å². The van der Waals surface area contributed by atoms with E-state index in [-0.39, 0.29) is 11.6 Å². The normalized spacial score (nSPS) is 10.5. The highest BCUT2D eigenvalue weighted by Crippen LogP contribution is 2.18. The van der Waals surface area contributed by atoms with E-state index in [0.717, 1.165) is 5.69 Å². The Kier molecular flexibility index (Phi) is 4.14. The van der Waals surface area contributed by atoms with Crippen molar-refractivity contribution in [3.63, 3.8) is 0 Å². The van der Waals surface area contributed by atoms with Crippen LogP contribution in [-0.2, 0) is 6.54 Å². The van der Waals surface area contributed by atoms with Crippen LogP contribution >= 0.6 is 0 Å². The molecule has 3 aromatic rings. The molecule has 6 heteroatoms. The van der Waals surface area contributed by atoms with Gasteiger partial charge in [0.05, 0.1) is 6.54 Å². The summed E-state index contributed by atoms with van der Waals surface area (Å²) in [5.41, 5.74) is 2.17. The molecule has 0 fully saturated rings. The molecular formula is C17H14FN3O2. The van der Waals surface area contributed by atoms with Crippen LogP contribution < -0.4 is 5.32 Å². The molecule has 0 atom stereocenters. The minimum Gasteiger partial charge on any atom is -0.419 e. The zero-order valence-electron chi connectivity index (χ0n) is 12.4. The van der Waals surface area contributed by atoms with Crippen molar-refractivity contribution in [1.29, 1.82) is 0 Å². The fourth-order valence-electron chi connectivity index (χ4n) is 2.03. The van der Waals surface area contributed by atoms with Crippen molar-refractivity contribution in [3.8, 4) is 11.5 Å². The van der Waals surface area contributed by atoms with E-state index >= 15 is 0 Å². The molecule has 5 nitrogen and oxygen atoms in total. The second-order valence-electron chi connectivity index (χ2n) is 4.99. The zero-order chi connectivity index (χ0) is 16.2. The maximum atomic E-state index is 12.9. The lowest BCUT2D eigenvalue weighted by Gasteiger charge is -2.03. The van der Waals surface area contributed by atoms with Crippen LogP contribution in [0.2, 0.25) is 0 Å². The quantitative estimate of drug-likeness (QED) is 0.728. The fraction of sp³-hybridized carbons (Fsp3) is 0.118. The molecule has 1 heterocycles. The number of Topliss-reactive ketones (excluding diaryl/α,β-unsaturated/α-hetero) is 1. The van der Waals surface area contributed by atoms with Gasteiger partial charge in [-0.2, -0.15) is 0 Å². The molecule has 0 amide bonds. The van der Waals surface area contributed by atoms with Gasteiger partial charge in [-0.1, -0.05) is 0 Å². The zero-order valence-corrected chi connectivity index (χ0v) is 12.4. The third-order valence-electron chi connectivity index (χ3n) is 3.29. The molecule has 23 heavy (non-hydrogen) atoms. The van der Waals surface area contributed by atoms with Crippen molar-refractivity contribution in [1.82, 2.24) is 10.2 Å². The third kappa shape index (κ3) is 3.60. The summed E-state index contributed by atoms with van der Waals surface area (Å²) in [4.78, 5) is 11.2. The molecule has 0 saturated carbocycles. The summed E-state index contributed by atoms with van der Waals surface area (Å²) in [5, 5.41) is 11.0. The van der Waals surface area contributed by atoms with E-state index in [0.29, 0.717) is 29.5 Å². The summed E-state index contributed by atoms with van der Waals surface area (Å²) in [5.74, 6) is 0.468. The number of ketones is 1. The van der Waals surface area contributed by atoms with Gasteiger partial charge in [-0.25, -0.2) is 4.39 Å². The van der Waals surface area contributed by atoms with Gasteiger partial charge in [-0.3, -0.25) is 4.79 Å². The lowest BCUT2D eigenvalue weighted by Crippen LogP contribution is -2.00. The second-order valence-corrected chi connectivity index (χ2v) is 4.99. The summed E-state index contributed by atoms with van der Waals surface area (Å²) >= 11 is 0. The van der Waals surface area contributed by atoms with Crippen LogP contribution in [0.5, 0.6) is 0 Å². The van der Waals surface area contributed by atoms with Crippen LogP contribution in [0.15, 0.2) is 52.9 Å². The number of hydrogen-bond acceptors (Lipinski definition) is 5. The van der Waals surface area contributed by atoms with Crippen LogP contribution in [0.3, 0.4) is 0 Å². The van der Waals surface area contributed by atoms with Crippen molar-refractivity contribution in [2.45, 2.75) is 13.5 Å². The molecule has 0 aliphatic carbocycles. The molecule has 1 N–H and O–H groups in total. The second kappa shape index (κ2) is 6.39. The van der Waals surface area contributed by atoms with Gasteiger partial charge in [-0.05, 0) is 55.5 Å². The number of nitrogens with one attached hydrogen (secondary N) is 1. The summed E-state index contributed by atoms with van der Waals surface area (Å²) < 4.78 is 18.4. The van der Waals surface area contributed by atoms with Crippen molar-refractivity contribution in [2.75, 3.05) is 5.32 Å². The molecule has 116 valence electrons. The number of aromatic nitrogens is 2. The predicted molar refractivity (Wildman–Crippen MR) is 83.5 cm³/mol. The van der Waals surface area contributed by atoms with Gasteiger partial charge in [0.15, 0.2) is 5.78 Å². The van der Waals surface area contributed by atoms with E-state index in [9.17, 15) is 9.18 Å². The average Bonchev–Trinajstić information content (AvgIpc) is 3.03. The molecule has 0 bridgehead atoms. The van der Waals surface area contributed by atoms with E-state index in [1.807, 2.05) is 12.1 Å². The number of anilines is 1. The SMILES string of the molecule is CC(=O)c1ccc(NCc2nnc(-c3ccc(F)cc3)o2)cc1. The molecular weight excluding hydrogens is 297 g/mol. The molecule has 2 aromatic carbocycles. The van der Waals surface area contributed by atoms with Gasteiger partial charge in [-0.15, -0.1) is 10.2 Å². The standard InChI is InChI=1S/C17H14FN3O2/c1-11(22)12-4-8-15(9-5-12)19-10-16-20-21-17(23-16)13-2-6-14(18)7-3-13/h2-9,19H,10H2,1H3. The first-order valence-corrected chi connectivity index (χ1v) is 7.05. The Balaban J connectivity index is 1.65. The molecule has 0 saturated heterocycles. The Morgan fingerprint density at radius 3 is 2.43 bits per heavy atom. The monoisotopic (exact) mass is 311 g/mol. The van der Waals surface area contributed by atoms with Crippen LogP contribution in [0, 0.1) is 5.82 Å². The summed E-state index contributed by atoms with van der Waals surface area (Å²) in [6.45, 7) is 1.88. The first kappa shape index (κ1) is 14.9. The number of rotatable bonds is 5. The number of halogens is 1. The van der Waals surface area contributed by atoms with Crippen LogP contribution in [0.25, 0.3) is 11.5 Å². The van der Waals surface area contributed by atoms with Gasteiger partial charge in [0.1, 0.15) is 5.82 Å². The lowest BCUT2D eigenvalue weighted by atomic mass is 10.1. The highest BCUT2D eigenvalue weighted by Gasteiger charge is 2.08. The topological polar surface area (TPSA) is 68.0 Å². The Labute approximate surface area is 132 Å². The predicted octanol–water partition coefficient (Wildman–Crippen LogP) is 3.69. The minimum atomic E-state index is -0.316. The number of carbonyl (C=O) groups excluding carboxylic acids is 1. The van der Waals surface area contributed by atoms with E-state index < -0.39 is 0 Å². The summed E-state index contributed by atoms with van der Waals surface area (Å²) in [6, 6.07) is 13.0. The summed E-state index contributed by atoms with van der Waals surface area (Å²) in [6.07, 6.45) is 0. The van der Waals surface area contributed by atoms with Crippen molar-refractivity contribution < 1.29 is 13.6 Å². The van der Waals surface area contributed by atoms with Gasteiger partial charge >= 0.3 is 0 Å². The Hall–Kier alpha value is -3.02. The first-order valence-electron chi connectivity index (χ1n) is 7.05. The number of hydrogen-bond donors (Lipinski definition) is 1. The van der Waals surface area contributed by atoms with Gasteiger partial charge in [0.2, 0.25) is 11.8 Å². The van der Waals surface area contributed by atoms with E-state index in [4.69, 9.17) is 4.42 Å². The number of benzene rings is 2. The molecule has 0 radical (unpaired) electrons. The average molecular weight is 311 g/mol. The Bertz CT molecular complexity index is 811. The smallest absolute Gasteiger partial charge is 0.247 e. The molecule has 1 aromatic heterocycles. The van der Waals surface area contributed by atoms with Crippen LogP contribution in [0.4, 0.5) is 10.1 Å². The maximum absolute atomic E-state index is 12.9. The van der Waals surface area contributed by atoms with E-state index in [1.165, 1.54) is 19.1 Å². The molecule has 0 aliphatic rings. The Morgan fingerprint density at radius 1 is 1.09 bits per heavy atom. The van der Waals surface area contributed by atoms with Gasteiger partial charge in [0.25, 0.3) is 0 Å². The van der Waals surface area contributed by atoms with Crippen molar-refractivity contribution in [3.05, 3.63) is 65.8 Å². The molecule has 0 aliphatic heterocycles. The van der Waals surface area contributed by atoms with Crippen LogP contribution in [-0.4, -0.2) is 16.0 Å². The molecule has 0 unspecified atom stereocenters. The lowest BCUT2D eigenvalue weighted by molar-refractivity contribution is 0.101. The molecule has 3 rings (SSSR count). The minimum absolute atomic E-state index is 0.0254. The maximum Gasteiger partial charge on any atom is 0.247 e. The number of carbonyl (C=O) groups is 1. The number of nitrogens with zero attached hydrogens (tertiary/aromatic N) is 2. The van der Waals surface area contributed by atoms with E-state index in [2.05, 4.69) is 15.5 Å².